The Morgan fingerprint density at radius 3 is 2.80 bits per heavy atom. The number of nitrogens with zero attached hydrogens (tertiary/aromatic N) is 1. The number of nitriles is 1. The van der Waals surface area contributed by atoms with E-state index < -0.39 is 16.0 Å². The molecule has 0 aliphatic heterocycles. The van der Waals surface area contributed by atoms with Crippen molar-refractivity contribution in [2.45, 2.75) is 18.2 Å². The van der Waals surface area contributed by atoms with Gasteiger partial charge in [-0.15, -0.1) is 0 Å². The van der Waals surface area contributed by atoms with Crippen molar-refractivity contribution >= 4 is 21.7 Å². The predicted molar refractivity (Wildman–Crippen MR) is 72.0 cm³/mol. The zero-order valence-corrected chi connectivity index (χ0v) is 11.7. The molecule has 108 valence electrons. The van der Waals surface area contributed by atoms with E-state index in [-0.39, 0.29) is 30.0 Å². The van der Waals surface area contributed by atoms with Gasteiger partial charge in [-0.05, 0) is 25.1 Å². The topological polar surface area (TPSA) is 122 Å². The number of anilines is 1. The Morgan fingerprint density at radius 2 is 2.20 bits per heavy atom. The van der Waals surface area contributed by atoms with Crippen molar-refractivity contribution in [2.24, 2.45) is 0 Å². The molecule has 0 unspecified atom stereocenters. The molecule has 0 amide bonds. The molecule has 0 aromatic heterocycles. The first-order chi connectivity index (χ1) is 9.40. The molecule has 8 heteroatoms. The predicted octanol–water partition coefficient (Wildman–Crippen LogP) is 0.372. The Morgan fingerprint density at radius 1 is 1.50 bits per heavy atom. The highest BCUT2D eigenvalue weighted by atomic mass is 32.2. The van der Waals surface area contributed by atoms with Crippen LogP contribution in [0.25, 0.3) is 0 Å². The summed E-state index contributed by atoms with van der Waals surface area (Å²) in [6, 6.07) is 5.69. The molecule has 0 saturated carbocycles. The largest absolute Gasteiger partial charge is 0.466 e. The number of benzene rings is 1. The minimum absolute atomic E-state index is 0.0476. The van der Waals surface area contributed by atoms with E-state index in [0.29, 0.717) is 5.69 Å². The van der Waals surface area contributed by atoms with Crippen LogP contribution in [0.3, 0.4) is 0 Å². The summed E-state index contributed by atoms with van der Waals surface area (Å²) in [5.74, 6) is -0.493. The first-order valence-electron chi connectivity index (χ1n) is 5.85. The molecule has 0 spiro atoms. The van der Waals surface area contributed by atoms with E-state index in [2.05, 4.69) is 9.46 Å². The molecule has 0 heterocycles. The number of hydrogen-bond donors (Lipinski definition) is 2. The third-order valence-electron chi connectivity index (χ3n) is 2.34. The second-order valence-corrected chi connectivity index (χ2v) is 5.56. The van der Waals surface area contributed by atoms with E-state index in [9.17, 15) is 13.2 Å². The van der Waals surface area contributed by atoms with Gasteiger partial charge in [0.15, 0.2) is 0 Å². The molecule has 20 heavy (non-hydrogen) atoms. The van der Waals surface area contributed by atoms with Crippen LogP contribution in [-0.2, 0) is 19.6 Å². The molecule has 0 saturated heterocycles. The van der Waals surface area contributed by atoms with Crippen LogP contribution in [0.15, 0.2) is 23.1 Å². The third-order valence-corrected chi connectivity index (χ3v) is 3.86. The van der Waals surface area contributed by atoms with Crippen molar-refractivity contribution in [1.82, 2.24) is 4.72 Å². The van der Waals surface area contributed by atoms with Crippen LogP contribution in [0.1, 0.15) is 18.9 Å². The van der Waals surface area contributed by atoms with E-state index >= 15 is 0 Å². The van der Waals surface area contributed by atoms with Gasteiger partial charge in [-0.1, -0.05) is 0 Å². The van der Waals surface area contributed by atoms with Gasteiger partial charge < -0.3 is 10.5 Å². The van der Waals surface area contributed by atoms with E-state index in [1.807, 2.05) is 0 Å². The maximum Gasteiger partial charge on any atom is 0.307 e. The van der Waals surface area contributed by atoms with Crippen molar-refractivity contribution < 1.29 is 17.9 Å². The minimum atomic E-state index is -3.87. The highest BCUT2D eigenvalue weighted by molar-refractivity contribution is 7.89. The normalized spacial score (nSPS) is 10.8. The number of nitrogen functional groups attached to an aromatic ring is 1. The molecule has 1 aromatic carbocycles. The Bertz CT molecular complexity index is 635. The smallest absolute Gasteiger partial charge is 0.307 e. The molecule has 7 nitrogen and oxygen atoms in total. The zero-order valence-electron chi connectivity index (χ0n) is 10.9. The monoisotopic (exact) mass is 297 g/mol. The molecule has 1 rings (SSSR count). The Labute approximate surface area is 117 Å². The Hall–Kier alpha value is -2.11. The van der Waals surface area contributed by atoms with Crippen molar-refractivity contribution in [3.8, 4) is 6.07 Å². The highest BCUT2D eigenvalue weighted by Crippen LogP contribution is 2.17. The van der Waals surface area contributed by atoms with Gasteiger partial charge in [0.2, 0.25) is 10.0 Å². The fraction of sp³-hybridized carbons (Fsp3) is 0.333. The number of esters is 1. The summed E-state index contributed by atoms with van der Waals surface area (Å²) < 4.78 is 30.9. The van der Waals surface area contributed by atoms with Gasteiger partial charge in [0.1, 0.15) is 6.07 Å². The summed E-state index contributed by atoms with van der Waals surface area (Å²) >= 11 is 0. The van der Waals surface area contributed by atoms with Gasteiger partial charge in [0.25, 0.3) is 0 Å². The molecule has 1 aromatic rings. The Kier molecular flexibility index (Phi) is 5.49. The van der Waals surface area contributed by atoms with Crippen molar-refractivity contribution in [3.63, 3.8) is 0 Å². The first-order valence-corrected chi connectivity index (χ1v) is 7.34. The lowest BCUT2D eigenvalue weighted by Crippen LogP contribution is -2.27. The SMILES string of the molecule is CCOC(=O)CCNS(=O)(=O)c1ccc(N)cc1C#N. The minimum Gasteiger partial charge on any atom is -0.466 e. The molecular weight excluding hydrogens is 282 g/mol. The number of sulfonamides is 1. The van der Waals surface area contributed by atoms with Crippen LogP contribution in [0.2, 0.25) is 0 Å². The van der Waals surface area contributed by atoms with Gasteiger partial charge >= 0.3 is 5.97 Å². The quantitative estimate of drug-likeness (QED) is 0.578. The summed E-state index contributed by atoms with van der Waals surface area (Å²) in [4.78, 5) is 10.9. The molecule has 0 aliphatic rings. The van der Waals surface area contributed by atoms with Gasteiger partial charge in [-0.25, -0.2) is 13.1 Å². The van der Waals surface area contributed by atoms with E-state index in [0.717, 1.165) is 0 Å². The van der Waals surface area contributed by atoms with Gasteiger partial charge in [-0.3, -0.25) is 4.79 Å². The molecule has 0 bridgehead atoms. The Balaban J connectivity index is 2.80. The number of ether oxygens (including phenoxy) is 1. The maximum absolute atomic E-state index is 12.0. The summed E-state index contributed by atoms with van der Waals surface area (Å²) in [6.45, 7) is 1.80. The lowest BCUT2D eigenvalue weighted by atomic mass is 10.2. The molecule has 0 aliphatic carbocycles. The fourth-order valence-electron chi connectivity index (χ4n) is 1.47. The van der Waals surface area contributed by atoms with E-state index in [1.165, 1.54) is 18.2 Å². The molecular formula is C12H15N3O4S. The van der Waals surface area contributed by atoms with Crippen molar-refractivity contribution in [1.29, 1.82) is 5.26 Å². The number of rotatable bonds is 6. The summed E-state index contributed by atoms with van der Waals surface area (Å²) in [5, 5.41) is 8.92. The number of carbonyl (C=O) groups is 1. The van der Waals surface area contributed by atoms with Crippen LogP contribution in [0, 0.1) is 11.3 Å². The first kappa shape index (κ1) is 15.9. The number of hydrogen-bond acceptors (Lipinski definition) is 6. The molecule has 3 N–H and O–H groups in total. The van der Waals surface area contributed by atoms with Crippen LogP contribution in [-0.4, -0.2) is 27.5 Å². The number of nitrogens with two attached hydrogens (primary N) is 1. The third kappa shape index (κ3) is 4.22. The van der Waals surface area contributed by atoms with Gasteiger partial charge in [0, 0.05) is 12.2 Å². The number of nitrogens with one attached hydrogen (secondary N) is 1. The lowest BCUT2D eigenvalue weighted by molar-refractivity contribution is -0.142. The van der Waals surface area contributed by atoms with Gasteiger partial charge in [0.05, 0.1) is 23.5 Å². The summed E-state index contributed by atoms with van der Waals surface area (Å²) in [6.07, 6.45) is -0.0794. The average molecular weight is 297 g/mol. The lowest BCUT2D eigenvalue weighted by Gasteiger charge is -2.08. The molecule has 0 radical (unpaired) electrons. The van der Waals surface area contributed by atoms with E-state index in [1.54, 1.807) is 13.0 Å². The molecule has 0 atom stereocenters. The van der Waals surface area contributed by atoms with Crippen LogP contribution < -0.4 is 10.5 Å². The second kappa shape index (κ2) is 6.88. The van der Waals surface area contributed by atoms with Crippen LogP contribution >= 0.6 is 0 Å². The molecule has 0 fully saturated rings. The highest BCUT2D eigenvalue weighted by Gasteiger charge is 2.18. The van der Waals surface area contributed by atoms with Crippen molar-refractivity contribution in [3.05, 3.63) is 23.8 Å². The second-order valence-electron chi connectivity index (χ2n) is 3.82. The van der Waals surface area contributed by atoms with Crippen LogP contribution in [0.5, 0.6) is 0 Å². The maximum atomic E-state index is 12.0. The average Bonchev–Trinajstić information content (AvgIpc) is 2.38. The van der Waals surface area contributed by atoms with E-state index in [4.69, 9.17) is 11.0 Å². The van der Waals surface area contributed by atoms with Gasteiger partial charge in [-0.2, -0.15) is 5.26 Å². The van der Waals surface area contributed by atoms with Crippen molar-refractivity contribution in [2.75, 3.05) is 18.9 Å². The fourth-order valence-corrected chi connectivity index (χ4v) is 2.64. The summed E-state index contributed by atoms with van der Waals surface area (Å²) in [5.41, 5.74) is 5.74. The number of carbonyl (C=O) groups excluding carboxylic acids is 1. The standard InChI is InChI=1S/C12H15N3O4S/c1-2-19-12(16)5-6-15-20(17,18)11-4-3-10(14)7-9(11)8-13/h3-4,7,15H,2,5-6,14H2,1H3. The zero-order chi connectivity index (χ0) is 15.2. The summed E-state index contributed by atoms with van der Waals surface area (Å²) in [7, 11) is -3.87. The van der Waals surface area contributed by atoms with Crippen LogP contribution in [0.4, 0.5) is 5.69 Å².